The molecule has 2 amide bonds. The quantitative estimate of drug-likeness (QED) is 0.584. The van der Waals surface area contributed by atoms with Gasteiger partial charge in [-0.15, -0.1) is 0 Å². The van der Waals surface area contributed by atoms with Gasteiger partial charge in [0.25, 0.3) is 5.91 Å². The number of nitrogens with one attached hydrogen (secondary N) is 4. The molecule has 0 radical (unpaired) electrons. The van der Waals surface area contributed by atoms with Gasteiger partial charge >= 0.3 is 5.69 Å². The van der Waals surface area contributed by atoms with Gasteiger partial charge in [-0.05, 0) is 36.8 Å². The molecule has 0 spiro atoms. The largest absolute Gasteiger partial charge is 0.343 e. The minimum atomic E-state index is -0.353. The number of aromatic amines is 2. The number of H-pyrrole nitrogens is 2. The van der Waals surface area contributed by atoms with E-state index in [2.05, 4.69) is 20.6 Å². The number of carbonyl (C=O) groups excluding carboxylic acids is 2. The highest BCUT2D eigenvalue weighted by molar-refractivity contribution is 6.00. The number of imidazole rings is 1. The number of fused-ring (bicyclic) bond motifs is 1. The van der Waals surface area contributed by atoms with Gasteiger partial charge in [0.2, 0.25) is 5.91 Å². The van der Waals surface area contributed by atoms with Crippen molar-refractivity contribution in [2.24, 2.45) is 0 Å². The summed E-state index contributed by atoms with van der Waals surface area (Å²) in [6.45, 7) is 1.69. The molecule has 0 aliphatic heterocycles. The summed E-state index contributed by atoms with van der Waals surface area (Å²) >= 11 is 0. The molecule has 0 unspecified atom stereocenters. The number of hydrogen-bond donors (Lipinski definition) is 4. The van der Waals surface area contributed by atoms with Gasteiger partial charge in [0.1, 0.15) is 0 Å². The predicted molar refractivity (Wildman–Crippen MR) is 91.1 cm³/mol. The first-order valence-corrected chi connectivity index (χ1v) is 7.38. The van der Waals surface area contributed by atoms with Crippen molar-refractivity contribution in [1.82, 2.24) is 15.3 Å². The summed E-state index contributed by atoms with van der Waals surface area (Å²) in [5.74, 6) is -0.650. The first-order valence-electron chi connectivity index (χ1n) is 7.38. The van der Waals surface area contributed by atoms with Gasteiger partial charge in [0, 0.05) is 11.3 Å². The molecule has 0 aliphatic rings. The van der Waals surface area contributed by atoms with E-state index in [1.165, 1.54) is 0 Å². The molecule has 0 saturated carbocycles. The van der Waals surface area contributed by atoms with Crippen LogP contribution in [0.5, 0.6) is 0 Å². The van der Waals surface area contributed by atoms with Crippen LogP contribution < -0.4 is 16.3 Å². The highest BCUT2D eigenvalue weighted by Crippen LogP contribution is 2.14. The van der Waals surface area contributed by atoms with Gasteiger partial charge < -0.3 is 20.6 Å². The Labute approximate surface area is 137 Å². The number of benzene rings is 2. The maximum atomic E-state index is 12.1. The zero-order valence-corrected chi connectivity index (χ0v) is 13.0. The number of carbonyl (C=O) groups is 2. The van der Waals surface area contributed by atoms with Crippen molar-refractivity contribution < 1.29 is 9.59 Å². The lowest BCUT2D eigenvalue weighted by Crippen LogP contribution is -2.33. The van der Waals surface area contributed by atoms with Crippen LogP contribution in [0.3, 0.4) is 0 Å². The summed E-state index contributed by atoms with van der Waals surface area (Å²) in [7, 11) is 0. The highest BCUT2D eigenvalue weighted by atomic mass is 16.2. The average Bonchev–Trinajstić information content (AvgIpc) is 2.92. The lowest BCUT2D eigenvalue weighted by Gasteiger charge is -2.08. The average molecular weight is 324 g/mol. The monoisotopic (exact) mass is 324 g/mol. The highest BCUT2D eigenvalue weighted by Gasteiger charge is 2.10. The van der Waals surface area contributed by atoms with E-state index < -0.39 is 0 Å². The van der Waals surface area contributed by atoms with E-state index in [-0.39, 0.29) is 24.0 Å². The van der Waals surface area contributed by atoms with Crippen molar-refractivity contribution in [2.45, 2.75) is 6.92 Å². The summed E-state index contributed by atoms with van der Waals surface area (Å²) in [6.07, 6.45) is 0. The normalized spacial score (nSPS) is 10.5. The van der Waals surface area contributed by atoms with Crippen LogP contribution in [0.25, 0.3) is 11.0 Å². The molecule has 0 fully saturated rings. The number of aromatic nitrogens is 2. The van der Waals surface area contributed by atoms with Crippen molar-refractivity contribution in [3.8, 4) is 0 Å². The third kappa shape index (κ3) is 3.35. The van der Waals surface area contributed by atoms with Crippen LogP contribution in [-0.2, 0) is 4.79 Å². The van der Waals surface area contributed by atoms with Gasteiger partial charge in [-0.1, -0.05) is 18.2 Å². The Morgan fingerprint density at radius 2 is 1.79 bits per heavy atom. The third-order valence-corrected chi connectivity index (χ3v) is 3.60. The second-order valence-electron chi connectivity index (χ2n) is 5.39. The van der Waals surface area contributed by atoms with Gasteiger partial charge in [-0.3, -0.25) is 9.59 Å². The zero-order chi connectivity index (χ0) is 17.1. The van der Waals surface area contributed by atoms with E-state index in [1.54, 1.807) is 30.3 Å². The van der Waals surface area contributed by atoms with Gasteiger partial charge in [0.05, 0.1) is 17.6 Å². The summed E-state index contributed by atoms with van der Waals surface area (Å²) in [6, 6.07) is 12.2. The maximum Gasteiger partial charge on any atom is 0.323 e. The number of amides is 2. The fraction of sp³-hybridized carbons (Fsp3) is 0.118. The van der Waals surface area contributed by atoms with Crippen LogP contribution in [0, 0.1) is 6.92 Å². The predicted octanol–water partition coefficient (Wildman–Crippen LogP) is 1.53. The molecule has 4 N–H and O–H groups in total. The van der Waals surface area contributed by atoms with Crippen LogP contribution in [0.15, 0.2) is 47.3 Å². The third-order valence-electron chi connectivity index (χ3n) is 3.60. The lowest BCUT2D eigenvalue weighted by molar-refractivity contribution is -0.115. The van der Waals surface area contributed by atoms with Crippen molar-refractivity contribution in [3.05, 3.63) is 64.1 Å². The summed E-state index contributed by atoms with van der Waals surface area (Å²) in [5, 5.41) is 5.26. The zero-order valence-electron chi connectivity index (χ0n) is 13.0. The van der Waals surface area contributed by atoms with Gasteiger partial charge in [0.15, 0.2) is 0 Å². The van der Waals surface area contributed by atoms with Crippen LogP contribution in [0.2, 0.25) is 0 Å². The molecule has 122 valence electrons. The maximum absolute atomic E-state index is 12.1. The Balaban J connectivity index is 1.61. The van der Waals surface area contributed by atoms with Crippen LogP contribution in [-0.4, -0.2) is 28.3 Å². The first-order chi connectivity index (χ1) is 11.5. The SMILES string of the molecule is Cc1ccccc1C(=O)NCC(=O)Nc1ccc2[nH]c(=O)[nH]c2c1. The molecule has 3 aromatic rings. The Morgan fingerprint density at radius 3 is 2.58 bits per heavy atom. The molecule has 2 aromatic carbocycles. The molecular formula is C17H16N4O3. The molecule has 0 aliphatic carbocycles. The number of aryl methyl sites for hydroxylation is 1. The Bertz CT molecular complexity index is 971. The molecule has 0 saturated heterocycles. The summed E-state index contributed by atoms with van der Waals surface area (Å²) in [4.78, 5) is 40.5. The smallest absolute Gasteiger partial charge is 0.323 e. The summed E-state index contributed by atoms with van der Waals surface area (Å²) in [5.41, 5.74) is 2.87. The van der Waals surface area contributed by atoms with E-state index in [9.17, 15) is 14.4 Å². The number of rotatable bonds is 4. The Morgan fingerprint density at radius 1 is 1.04 bits per heavy atom. The van der Waals surface area contributed by atoms with Crippen molar-refractivity contribution in [2.75, 3.05) is 11.9 Å². The second kappa shape index (κ2) is 6.41. The molecular weight excluding hydrogens is 308 g/mol. The van der Waals surface area contributed by atoms with Crippen LogP contribution in [0.4, 0.5) is 5.69 Å². The van der Waals surface area contributed by atoms with Crippen molar-refractivity contribution in [3.63, 3.8) is 0 Å². The van der Waals surface area contributed by atoms with E-state index in [0.717, 1.165) is 5.56 Å². The van der Waals surface area contributed by atoms with E-state index >= 15 is 0 Å². The number of anilines is 1. The molecule has 7 heteroatoms. The molecule has 0 bridgehead atoms. The first kappa shape index (κ1) is 15.5. The minimum Gasteiger partial charge on any atom is -0.343 e. The minimum absolute atomic E-state index is 0.144. The second-order valence-corrected chi connectivity index (χ2v) is 5.39. The fourth-order valence-corrected chi connectivity index (χ4v) is 2.40. The molecule has 1 aromatic heterocycles. The molecule has 3 rings (SSSR count). The van der Waals surface area contributed by atoms with E-state index in [4.69, 9.17) is 0 Å². The molecule has 24 heavy (non-hydrogen) atoms. The Hall–Kier alpha value is -3.35. The van der Waals surface area contributed by atoms with Gasteiger partial charge in [-0.25, -0.2) is 4.79 Å². The van der Waals surface area contributed by atoms with Crippen molar-refractivity contribution in [1.29, 1.82) is 0 Å². The standard InChI is InChI=1S/C17H16N4O3/c1-10-4-2-3-5-12(10)16(23)18-9-15(22)19-11-6-7-13-14(8-11)21-17(24)20-13/h2-8H,9H2,1H3,(H,18,23)(H,19,22)(H2,20,21,24). The van der Waals surface area contributed by atoms with Crippen LogP contribution in [0.1, 0.15) is 15.9 Å². The summed E-state index contributed by atoms with van der Waals surface area (Å²) < 4.78 is 0. The van der Waals surface area contributed by atoms with E-state index in [0.29, 0.717) is 22.3 Å². The topological polar surface area (TPSA) is 107 Å². The number of hydrogen-bond acceptors (Lipinski definition) is 3. The van der Waals surface area contributed by atoms with Crippen molar-refractivity contribution >= 4 is 28.5 Å². The lowest BCUT2D eigenvalue weighted by atomic mass is 10.1. The van der Waals surface area contributed by atoms with E-state index in [1.807, 2.05) is 19.1 Å². The molecule has 0 atom stereocenters. The molecule has 1 heterocycles. The Kier molecular flexibility index (Phi) is 4.15. The van der Waals surface area contributed by atoms with Crippen LogP contribution >= 0.6 is 0 Å². The van der Waals surface area contributed by atoms with Gasteiger partial charge in [-0.2, -0.15) is 0 Å². The molecule has 7 nitrogen and oxygen atoms in total. The fourth-order valence-electron chi connectivity index (χ4n) is 2.40.